The first kappa shape index (κ1) is 18.7. The van der Waals surface area contributed by atoms with Gasteiger partial charge in [-0.25, -0.2) is 9.98 Å². The second kappa shape index (κ2) is 8.60. The van der Waals surface area contributed by atoms with Gasteiger partial charge in [-0.1, -0.05) is 36.4 Å². The Hall–Kier alpha value is -3.61. The van der Waals surface area contributed by atoms with Gasteiger partial charge in [0.25, 0.3) is 0 Å². The molecular formula is C22H24N6O. The van der Waals surface area contributed by atoms with Gasteiger partial charge in [-0.15, -0.1) is 0 Å². The summed E-state index contributed by atoms with van der Waals surface area (Å²) in [5, 5.41) is 14.6. The number of nitrogens with zero attached hydrogens (tertiary/aromatic N) is 3. The molecule has 0 aliphatic heterocycles. The second-order valence-corrected chi connectivity index (χ2v) is 6.73. The number of aryl methyl sites for hydroxylation is 1. The first-order valence-electron chi connectivity index (χ1n) is 9.68. The molecule has 0 bridgehead atoms. The SMILES string of the molecule is CCNC(=NCc1cccc(-c2ncn[nH]2)c1)NCc1oc2ccccc2c1C. The van der Waals surface area contributed by atoms with Gasteiger partial charge in [-0.05, 0) is 31.5 Å². The van der Waals surface area contributed by atoms with E-state index in [4.69, 9.17) is 9.41 Å². The van der Waals surface area contributed by atoms with Gasteiger partial charge in [-0.2, -0.15) is 5.10 Å². The molecular weight excluding hydrogens is 364 g/mol. The van der Waals surface area contributed by atoms with E-state index in [1.165, 1.54) is 6.33 Å². The number of hydrogen-bond donors (Lipinski definition) is 3. The van der Waals surface area contributed by atoms with E-state index in [0.717, 1.165) is 51.7 Å². The maximum atomic E-state index is 5.99. The van der Waals surface area contributed by atoms with Crippen molar-refractivity contribution in [2.45, 2.75) is 26.9 Å². The van der Waals surface area contributed by atoms with Crippen molar-refractivity contribution >= 4 is 16.9 Å². The van der Waals surface area contributed by atoms with Crippen LogP contribution in [0.4, 0.5) is 0 Å². The first-order valence-corrected chi connectivity index (χ1v) is 9.68. The Balaban J connectivity index is 1.46. The molecule has 0 spiro atoms. The summed E-state index contributed by atoms with van der Waals surface area (Å²) in [6.07, 6.45) is 1.51. The summed E-state index contributed by atoms with van der Waals surface area (Å²) in [5.41, 5.74) is 4.15. The van der Waals surface area contributed by atoms with Gasteiger partial charge < -0.3 is 15.1 Å². The van der Waals surface area contributed by atoms with Gasteiger partial charge in [0.05, 0.1) is 13.1 Å². The summed E-state index contributed by atoms with van der Waals surface area (Å²) in [5.74, 6) is 2.42. The van der Waals surface area contributed by atoms with Gasteiger partial charge in [0.1, 0.15) is 17.7 Å². The Morgan fingerprint density at radius 1 is 1.14 bits per heavy atom. The number of aromatic nitrogens is 3. The third kappa shape index (κ3) is 4.29. The lowest BCUT2D eigenvalue weighted by atomic mass is 10.1. The number of guanidine groups is 1. The zero-order valence-electron chi connectivity index (χ0n) is 16.6. The van der Waals surface area contributed by atoms with Gasteiger partial charge in [0.15, 0.2) is 11.8 Å². The van der Waals surface area contributed by atoms with Crippen LogP contribution in [0.2, 0.25) is 0 Å². The van der Waals surface area contributed by atoms with E-state index in [1.54, 1.807) is 0 Å². The molecule has 0 unspecified atom stereocenters. The molecule has 148 valence electrons. The number of para-hydroxylation sites is 1. The lowest BCUT2D eigenvalue weighted by molar-refractivity contribution is 0.534. The number of aromatic amines is 1. The molecule has 7 heteroatoms. The number of nitrogens with one attached hydrogen (secondary N) is 3. The van der Waals surface area contributed by atoms with Crippen molar-refractivity contribution in [2.24, 2.45) is 4.99 Å². The predicted octanol–water partition coefficient (Wildman–Crippen LogP) is 3.78. The molecule has 29 heavy (non-hydrogen) atoms. The average molecular weight is 388 g/mol. The lowest BCUT2D eigenvalue weighted by Crippen LogP contribution is -2.36. The highest BCUT2D eigenvalue weighted by Gasteiger charge is 2.10. The third-order valence-corrected chi connectivity index (χ3v) is 4.74. The van der Waals surface area contributed by atoms with Crippen LogP contribution in [0.5, 0.6) is 0 Å². The first-order chi connectivity index (χ1) is 14.2. The highest BCUT2D eigenvalue weighted by atomic mass is 16.3. The molecule has 0 amide bonds. The Morgan fingerprint density at radius 2 is 2.03 bits per heavy atom. The van der Waals surface area contributed by atoms with E-state index >= 15 is 0 Å². The number of furan rings is 1. The molecule has 0 atom stereocenters. The third-order valence-electron chi connectivity index (χ3n) is 4.74. The summed E-state index contributed by atoms with van der Waals surface area (Å²) in [7, 11) is 0. The van der Waals surface area contributed by atoms with E-state index in [0.29, 0.717) is 13.1 Å². The Labute approximate surface area is 169 Å². The van der Waals surface area contributed by atoms with Crippen LogP contribution in [0.3, 0.4) is 0 Å². The van der Waals surface area contributed by atoms with Crippen molar-refractivity contribution in [3.8, 4) is 11.4 Å². The van der Waals surface area contributed by atoms with E-state index in [1.807, 2.05) is 37.3 Å². The van der Waals surface area contributed by atoms with E-state index in [-0.39, 0.29) is 0 Å². The zero-order chi connectivity index (χ0) is 20.1. The molecule has 7 nitrogen and oxygen atoms in total. The largest absolute Gasteiger partial charge is 0.459 e. The van der Waals surface area contributed by atoms with Crippen molar-refractivity contribution in [2.75, 3.05) is 6.54 Å². The normalized spacial score (nSPS) is 11.7. The minimum atomic E-state index is 0.552. The van der Waals surface area contributed by atoms with Crippen LogP contribution >= 0.6 is 0 Å². The minimum absolute atomic E-state index is 0.552. The number of H-pyrrole nitrogens is 1. The maximum Gasteiger partial charge on any atom is 0.191 e. The van der Waals surface area contributed by atoms with Gasteiger partial charge in [0.2, 0.25) is 0 Å². The number of rotatable bonds is 6. The van der Waals surface area contributed by atoms with Crippen molar-refractivity contribution in [1.29, 1.82) is 0 Å². The fourth-order valence-electron chi connectivity index (χ4n) is 3.23. The summed E-state index contributed by atoms with van der Waals surface area (Å²) in [4.78, 5) is 8.92. The fourth-order valence-corrected chi connectivity index (χ4v) is 3.23. The molecule has 0 fully saturated rings. The highest BCUT2D eigenvalue weighted by Crippen LogP contribution is 2.24. The molecule has 2 aromatic carbocycles. The molecule has 2 heterocycles. The van der Waals surface area contributed by atoms with Crippen LogP contribution in [0.25, 0.3) is 22.4 Å². The lowest BCUT2D eigenvalue weighted by Gasteiger charge is -2.11. The maximum absolute atomic E-state index is 5.99. The van der Waals surface area contributed by atoms with Crippen LogP contribution in [0.15, 0.2) is 64.3 Å². The molecule has 3 N–H and O–H groups in total. The standard InChI is InChI=1S/C22H24N6O/c1-3-23-22(25-13-20-15(2)18-9-4-5-10-19(18)29-20)24-12-16-7-6-8-17(11-16)21-26-14-27-28-21/h4-11,14H,3,12-13H2,1-2H3,(H2,23,24,25)(H,26,27,28). The Morgan fingerprint density at radius 3 is 2.83 bits per heavy atom. The van der Waals surface area contributed by atoms with Crippen LogP contribution in [-0.4, -0.2) is 27.7 Å². The summed E-state index contributed by atoms with van der Waals surface area (Å²) in [6, 6.07) is 16.2. The van der Waals surface area contributed by atoms with Crippen molar-refractivity contribution in [3.63, 3.8) is 0 Å². The van der Waals surface area contributed by atoms with E-state index < -0.39 is 0 Å². The van der Waals surface area contributed by atoms with E-state index in [9.17, 15) is 0 Å². The summed E-state index contributed by atoms with van der Waals surface area (Å²) < 4.78 is 5.99. The van der Waals surface area contributed by atoms with Crippen LogP contribution in [-0.2, 0) is 13.1 Å². The minimum Gasteiger partial charge on any atom is -0.459 e. The van der Waals surface area contributed by atoms with Crippen LogP contribution < -0.4 is 10.6 Å². The Bertz CT molecular complexity index is 1110. The number of aliphatic imine (C=N–C) groups is 1. The highest BCUT2D eigenvalue weighted by molar-refractivity contribution is 5.83. The van der Waals surface area contributed by atoms with Crippen LogP contribution in [0, 0.1) is 6.92 Å². The monoisotopic (exact) mass is 388 g/mol. The Kier molecular flexibility index (Phi) is 5.56. The molecule has 0 aliphatic rings. The number of benzene rings is 2. The van der Waals surface area contributed by atoms with Gasteiger partial charge in [-0.3, -0.25) is 5.10 Å². The molecule has 2 aromatic heterocycles. The molecule has 0 saturated heterocycles. The molecule has 4 rings (SSSR count). The van der Waals surface area contributed by atoms with E-state index in [2.05, 4.69) is 50.9 Å². The van der Waals surface area contributed by atoms with Crippen molar-refractivity contribution in [1.82, 2.24) is 25.8 Å². The molecule has 0 radical (unpaired) electrons. The smallest absolute Gasteiger partial charge is 0.191 e. The van der Waals surface area contributed by atoms with Gasteiger partial charge in [0, 0.05) is 23.1 Å². The number of hydrogen-bond acceptors (Lipinski definition) is 4. The molecule has 4 aromatic rings. The fraction of sp³-hybridized carbons (Fsp3) is 0.227. The summed E-state index contributed by atoms with van der Waals surface area (Å²) in [6.45, 7) is 6.04. The zero-order valence-corrected chi connectivity index (χ0v) is 16.6. The topological polar surface area (TPSA) is 91.1 Å². The van der Waals surface area contributed by atoms with Crippen molar-refractivity contribution in [3.05, 3.63) is 71.7 Å². The van der Waals surface area contributed by atoms with Crippen molar-refractivity contribution < 1.29 is 4.42 Å². The average Bonchev–Trinajstić information content (AvgIpc) is 3.39. The molecule has 0 aliphatic carbocycles. The van der Waals surface area contributed by atoms with Crippen LogP contribution in [0.1, 0.15) is 23.8 Å². The number of fused-ring (bicyclic) bond motifs is 1. The summed E-state index contributed by atoms with van der Waals surface area (Å²) >= 11 is 0. The quantitative estimate of drug-likeness (QED) is 0.345. The van der Waals surface area contributed by atoms with Gasteiger partial charge >= 0.3 is 0 Å². The molecule has 0 saturated carbocycles. The second-order valence-electron chi connectivity index (χ2n) is 6.73. The predicted molar refractivity (Wildman–Crippen MR) is 114 cm³/mol.